The van der Waals surface area contributed by atoms with Crippen molar-refractivity contribution in [2.75, 3.05) is 6.54 Å². The van der Waals surface area contributed by atoms with E-state index in [0.717, 1.165) is 54.8 Å². The molecule has 0 fully saturated rings. The van der Waals surface area contributed by atoms with Gasteiger partial charge >= 0.3 is 0 Å². The molecule has 0 aliphatic rings. The zero-order valence-electron chi connectivity index (χ0n) is 23.5. The standard InChI is InChI=1S/C25H30N2.C10H14/c1-6-22-11-13-23(14-12-22)20(4)10-15-25(19(2)3)21(5)26-18-16-24-9-7-8-17-27-24;1-4-7-9-10(6-3)8-5-2/h7-15,17,26H,2,5-6,16,18H2,1,3-4H3;2,4,7,9H,6,8H2,1,3H3/b20-10+,25-15-;7-4-,10-9-. The van der Waals surface area contributed by atoms with Crippen LogP contribution in [-0.4, -0.2) is 11.5 Å². The van der Waals surface area contributed by atoms with Crippen LogP contribution in [0.3, 0.4) is 0 Å². The van der Waals surface area contributed by atoms with E-state index in [2.05, 4.69) is 92.6 Å². The van der Waals surface area contributed by atoms with Crippen LogP contribution >= 0.6 is 0 Å². The van der Waals surface area contributed by atoms with Crippen LogP contribution in [0.25, 0.3) is 5.57 Å². The maximum absolute atomic E-state index is 5.16. The average molecular weight is 493 g/mol. The summed E-state index contributed by atoms with van der Waals surface area (Å²) in [7, 11) is 0. The molecule has 1 aromatic heterocycles. The molecule has 0 amide bonds. The maximum Gasteiger partial charge on any atom is 0.0421 e. The molecule has 0 radical (unpaired) electrons. The molecule has 37 heavy (non-hydrogen) atoms. The van der Waals surface area contributed by atoms with Crippen LogP contribution in [0.1, 0.15) is 64.3 Å². The molecule has 0 saturated heterocycles. The van der Waals surface area contributed by atoms with Gasteiger partial charge in [-0.15, -0.1) is 12.3 Å². The second-order valence-electron chi connectivity index (χ2n) is 8.82. The van der Waals surface area contributed by atoms with Crippen molar-refractivity contribution in [1.29, 1.82) is 0 Å². The fourth-order valence-electron chi connectivity index (χ4n) is 3.46. The lowest BCUT2D eigenvalue weighted by Crippen LogP contribution is -2.18. The Morgan fingerprint density at radius 2 is 1.76 bits per heavy atom. The summed E-state index contributed by atoms with van der Waals surface area (Å²) in [4.78, 5) is 4.35. The Hall–Kier alpha value is -3.83. The van der Waals surface area contributed by atoms with E-state index in [1.165, 1.54) is 22.3 Å². The molecule has 2 nitrogen and oxygen atoms in total. The molecule has 2 heteroatoms. The Kier molecular flexibility index (Phi) is 15.5. The number of pyridine rings is 1. The molecule has 0 aliphatic heterocycles. The molecule has 0 saturated carbocycles. The van der Waals surface area contributed by atoms with Crippen molar-refractivity contribution in [3.8, 4) is 12.3 Å². The lowest BCUT2D eigenvalue weighted by Gasteiger charge is -2.13. The van der Waals surface area contributed by atoms with Gasteiger partial charge in [0.05, 0.1) is 0 Å². The molecule has 0 bridgehead atoms. The van der Waals surface area contributed by atoms with Crippen LogP contribution in [0.15, 0.2) is 115 Å². The highest BCUT2D eigenvalue weighted by Crippen LogP contribution is 2.19. The van der Waals surface area contributed by atoms with Crippen molar-refractivity contribution in [3.63, 3.8) is 0 Å². The van der Waals surface area contributed by atoms with Crippen LogP contribution in [0, 0.1) is 12.3 Å². The van der Waals surface area contributed by atoms with E-state index in [1.54, 1.807) is 0 Å². The van der Waals surface area contributed by atoms with Gasteiger partial charge in [0.2, 0.25) is 0 Å². The summed E-state index contributed by atoms with van der Waals surface area (Å²) in [5, 5.41) is 3.40. The van der Waals surface area contributed by atoms with E-state index in [9.17, 15) is 0 Å². The van der Waals surface area contributed by atoms with E-state index in [0.29, 0.717) is 0 Å². The molecule has 1 aromatic carbocycles. The second-order valence-corrected chi connectivity index (χ2v) is 8.82. The maximum atomic E-state index is 5.16. The topological polar surface area (TPSA) is 24.9 Å². The van der Waals surface area contributed by atoms with E-state index in [-0.39, 0.29) is 0 Å². The van der Waals surface area contributed by atoms with Gasteiger partial charge in [-0.1, -0.05) is 93.3 Å². The van der Waals surface area contributed by atoms with Crippen molar-refractivity contribution in [2.24, 2.45) is 0 Å². The lowest BCUT2D eigenvalue weighted by atomic mass is 10.0. The molecular weight excluding hydrogens is 448 g/mol. The smallest absolute Gasteiger partial charge is 0.0421 e. The highest BCUT2D eigenvalue weighted by molar-refractivity contribution is 5.66. The summed E-state index contributed by atoms with van der Waals surface area (Å²) < 4.78 is 0. The molecule has 194 valence electrons. The lowest BCUT2D eigenvalue weighted by molar-refractivity contribution is 0.783. The number of nitrogens with zero attached hydrogens (tertiary/aromatic N) is 1. The van der Waals surface area contributed by atoms with E-state index < -0.39 is 0 Å². The van der Waals surface area contributed by atoms with Gasteiger partial charge in [0.1, 0.15) is 0 Å². The number of nitrogens with one attached hydrogen (secondary N) is 1. The van der Waals surface area contributed by atoms with Crippen molar-refractivity contribution >= 4 is 5.57 Å². The van der Waals surface area contributed by atoms with Crippen LogP contribution in [0.2, 0.25) is 0 Å². The van der Waals surface area contributed by atoms with Gasteiger partial charge in [0.25, 0.3) is 0 Å². The van der Waals surface area contributed by atoms with Gasteiger partial charge in [-0.2, -0.15) is 0 Å². The quantitative estimate of drug-likeness (QED) is 0.236. The fraction of sp³-hybridized carbons (Fsp3) is 0.286. The van der Waals surface area contributed by atoms with Crippen molar-refractivity contribution in [3.05, 3.63) is 131 Å². The summed E-state index contributed by atoms with van der Waals surface area (Å²) in [5.74, 6) is 2.63. The van der Waals surface area contributed by atoms with Gasteiger partial charge in [-0.3, -0.25) is 4.98 Å². The summed E-state index contributed by atoms with van der Waals surface area (Å²) in [6.45, 7) is 19.5. The zero-order valence-corrected chi connectivity index (χ0v) is 23.5. The first-order valence-corrected chi connectivity index (χ1v) is 13.1. The number of allylic oxidation sites excluding steroid dienone is 8. The van der Waals surface area contributed by atoms with Gasteiger partial charge in [-0.05, 0) is 73.6 Å². The van der Waals surface area contributed by atoms with Crippen molar-refractivity contribution in [1.82, 2.24) is 10.3 Å². The number of aryl methyl sites for hydroxylation is 1. The van der Waals surface area contributed by atoms with Crippen LogP contribution in [0.5, 0.6) is 0 Å². The average Bonchev–Trinajstić information content (AvgIpc) is 2.92. The highest BCUT2D eigenvalue weighted by Gasteiger charge is 2.04. The fourth-order valence-corrected chi connectivity index (χ4v) is 3.46. The minimum Gasteiger partial charge on any atom is -0.385 e. The number of hydrogen-bond acceptors (Lipinski definition) is 2. The largest absolute Gasteiger partial charge is 0.385 e. The third kappa shape index (κ3) is 12.6. The van der Waals surface area contributed by atoms with Crippen molar-refractivity contribution in [2.45, 2.75) is 60.3 Å². The molecule has 1 heterocycles. The number of benzene rings is 1. The predicted molar refractivity (Wildman–Crippen MR) is 164 cm³/mol. The van der Waals surface area contributed by atoms with Gasteiger partial charge in [-0.25, -0.2) is 0 Å². The number of terminal acetylenes is 1. The molecular formula is C35H44N2. The Morgan fingerprint density at radius 3 is 2.30 bits per heavy atom. The van der Waals surface area contributed by atoms with Gasteiger partial charge in [0, 0.05) is 37.0 Å². The van der Waals surface area contributed by atoms with Crippen LogP contribution in [0.4, 0.5) is 0 Å². The minimum absolute atomic E-state index is 0.779. The first-order valence-electron chi connectivity index (χ1n) is 13.1. The van der Waals surface area contributed by atoms with Crippen molar-refractivity contribution < 1.29 is 0 Å². The summed E-state index contributed by atoms with van der Waals surface area (Å²) in [5.41, 5.74) is 9.14. The van der Waals surface area contributed by atoms with Gasteiger partial charge < -0.3 is 5.32 Å². The van der Waals surface area contributed by atoms with Gasteiger partial charge in [0.15, 0.2) is 0 Å². The van der Waals surface area contributed by atoms with E-state index >= 15 is 0 Å². The predicted octanol–water partition coefficient (Wildman–Crippen LogP) is 8.82. The van der Waals surface area contributed by atoms with Crippen LogP contribution in [-0.2, 0) is 12.8 Å². The first kappa shape index (κ1) is 31.2. The monoisotopic (exact) mass is 492 g/mol. The molecule has 0 atom stereocenters. The Bertz CT molecular complexity index is 1130. The zero-order chi connectivity index (χ0) is 27.5. The number of hydrogen-bond donors (Lipinski definition) is 1. The second kappa shape index (κ2) is 18.4. The third-order valence-corrected chi connectivity index (χ3v) is 5.86. The molecule has 2 rings (SSSR count). The highest BCUT2D eigenvalue weighted by atomic mass is 14.9. The summed E-state index contributed by atoms with van der Waals surface area (Å²) >= 11 is 0. The number of rotatable bonds is 12. The Labute approximate surface area is 226 Å². The molecule has 2 aromatic rings. The Balaban J connectivity index is 0.000000580. The third-order valence-electron chi connectivity index (χ3n) is 5.86. The summed E-state index contributed by atoms with van der Waals surface area (Å²) in [6.07, 6.45) is 21.1. The van der Waals surface area contributed by atoms with Crippen LogP contribution < -0.4 is 5.32 Å². The normalized spacial score (nSPS) is 11.9. The van der Waals surface area contributed by atoms with E-state index in [4.69, 9.17) is 6.42 Å². The summed E-state index contributed by atoms with van der Waals surface area (Å²) in [6, 6.07) is 14.7. The molecule has 0 aliphatic carbocycles. The SMILES string of the molecule is C#CC/C(=C\C=C/C)CC.C=C(C)/C(=C/C=C(\C)c1ccc(CC)cc1)C(=C)NCCc1ccccn1. The number of aromatic nitrogens is 1. The minimum atomic E-state index is 0.779. The first-order chi connectivity index (χ1) is 17.9. The molecule has 1 N–H and O–H groups in total. The Morgan fingerprint density at radius 1 is 1.03 bits per heavy atom. The molecule has 0 spiro atoms. The van der Waals surface area contributed by atoms with E-state index in [1.807, 2.05) is 50.4 Å². The molecule has 0 unspecified atom stereocenters.